The van der Waals surface area contributed by atoms with Gasteiger partial charge in [0.05, 0.1) is 0 Å². The van der Waals surface area contributed by atoms with Crippen LogP contribution < -0.4 is 5.73 Å². The summed E-state index contributed by atoms with van der Waals surface area (Å²) in [5.41, 5.74) is 5.84. The van der Waals surface area contributed by atoms with Crippen molar-refractivity contribution in [3.8, 4) is 0 Å². The molecule has 0 aliphatic heterocycles. The maximum atomic E-state index is 13.8. The second kappa shape index (κ2) is 6.98. The average Bonchev–Trinajstić information content (AvgIpc) is 3.27. The summed E-state index contributed by atoms with van der Waals surface area (Å²) in [6, 6.07) is 3.70. The molecule has 3 nitrogen and oxygen atoms in total. The average molecular weight is 296 g/mol. The van der Waals surface area contributed by atoms with Crippen molar-refractivity contribution in [1.29, 1.82) is 0 Å². The summed E-state index contributed by atoms with van der Waals surface area (Å²) in [6.07, 6.45) is 3.46. The van der Waals surface area contributed by atoms with Crippen molar-refractivity contribution in [2.45, 2.75) is 45.2 Å². The number of benzene rings is 1. The highest BCUT2D eigenvalue weighted by Gasteiger charge is 2.34. The lowest BCUT2D eigenvalue weighted by atomic mass is 10.0. The van der Waals surface area contributed by atoms with Gasteiger partial charge in [-0.3, -0.25) is 4.79 Å². The third-order valence-electron chi connectivity index (χ3n) is 3.89. The molecule has 1 unspecified atom stereocenters. The summed E-state index contributed by atoms with van der Waals surface area (Å²) in [5.74, 6) is -1.27. The highest BCUT2D eigenvalue weighted by atomic mass is 19.1. The van der Waals surface area contributed by atoms with E-state index in [2.05, 4.69) is 0 Å². The number of carbonyl (C=O) groups excluding carboxylic acids is 1. The molecule has 0 heterocycles. The Bertz CT molecular complexity index is 503. The Morgan fingerprint density at radius 1 is 1.43 bits per heavy atom. The minimum Gasteiger partial charge on any atom is -0.335 e. The van der Waals surface area contributed by atoms with Gasteiger partial charge in [-0.15, -0.1) is 0 Å². The zero-order valence-corrected chi connectivity index (χ0v) is 12.3. The van der Waals surface area contributed by atoms with Crippen molar-refractivity contribution < 1.29 is 13.6 Å². The van der Waals surface area contributed by atoms with E-state index in [1.807, 2.05) is 6.92 Å². The van der Waals surface area contributed by atoms with Crippen LogP contribution >= 0.6 is 0 Å². The maximum absolute atomic E-state index is 13.8. The molecule has 1 aromatic carbocycles. The van der Waals surface area contributed by atoms with Crippen LogP contribution in [-0.4, -0.2) is 23.4 Å². The zero-order valence-electron chi connectivity index (χ0n) is 12.3. The van der Waals surface area contributed by atoms with Gasteiger partial charge in [0.2, 0.25) is 5.91 Å². The number of nitrogens with two attached hydrogens (primary N) is 1. The van der Waals surface area contributed by atoms with Crippen LogP contribution in [0.25, 0.3) is 0 Å². The molecule has 5 heteroatoms. The molecule has 21 heavy (non-hydrogen) atoms. The van der Waals surface area contributed by atoms with Gasteiger partial charge in [-0.25, -0.2) is 8.78 Å². The standard InChI is InChI=1S/C16H22F2N2O/c1-11(3-2-8-19)16(21)20(14-6-7-14)10-12-4-5-13(17)9-15(12)18/h4-5,9,11,14H,2-3,6-8,10,19H2,1H3. The first kappa shape index (κ1) is 15.9. The fraction of sp³-hybridized carbons (Fsp3) is 0.562. The van der Waals surface area contributed by atoms with Gasteiger partial charge in [0.15, 0.2) is 0 Å². The number of halogens is 2. The predicted molar refractivity (Wildman–Crippen MR) is 77.4 cm³/mol. The molecule has 2 N–H and O–H groups in total. The second-order valence-corrected chi connectivity index (χ2v) is 5.76. The largest absolute Gasteiger partial charge is 0.335 e. The Morgan fingerprint density at radius 2 is 2.14 bits per heavy atom. The minimum absolute atomic E-state index is 0.0367. The van der Waals surface area contributed by atoms with Gasteiger partial charge >= 0.3 is 0 Å². The highest BCUT2D eigenvalue weighted by molar-refractivity contribution is 5.79. The summed E-state index contributed by atoms with van der Waals surface area (Å²) in [4.78, 5) is 14.2. The third kappa shape index (κ3) is 4.24. The molecular weight excluding hydrogens is 274 g/mol. The highest BCUT2D eigenvalue weighted by Crippen LogP contribution is 2.30. The molecule has 116 valence electrons. The van der Waals surface area contributed by atoms with Crippen LogP contribution in [0.5, 0.6) is 0 Å². The number of hydrogen-bond donors (Lipinski definition) is 1. The Morgan fingerprint density at radius 3 is 2.71 bits per heavy atom. The van der Waals surface area contributed by atoms with E-state index < -0.39 is 11.6 Å². The van der Waals surface area contributed by atoms with Gasteiger partial charge in [0.1, 0.15) is 11.6 Å². The lowest BCUT2D eigenvalue weighted by Crippen LogP contribution is -2.37. The van der Waals surface area contributed by atoms with E-state index in [0.29, 0.717) is 12.1 Å². The molecule has 0 saturated heterocycles. The summed E-state index contributed by atoms with van der Waals surface area (Å²) in [6.45, 7) is 2.66. The van der Waals surface area contributed by atoms with Gasteiger partial charge in [-0.2, -0.15) is 0 Å². The quantitative estimate of drug-likeness (QED) is 0.841. The smallest absolute Gasteiger partial charge is 0.225 e. The monoisotopic (exact) mass is 296 g/mol. The summed E-state index contributed by atoms with van der Waals surface area (Å²) in [5, 5.41) is 0. The van der Waals surface area contributed by atoms with Crippen molar-refractivity contribution in [1.82, 2.24) is 4.90 Å². The van der Waals surface area contributed by atoms with E-state index >= 15 is 0 Å². The van der Waals surface area contributed by atoms with E-state index in [9.17, 15) is 13.6 Å². The predicted octanol–water partition coefficient (Wildman–Crippen LogP) is 2.83. The maximum Gasteiger partial charge on any atom is 0.225 e. The number of rotatable bonds is 7. The van der Waals surface area contributed by atoms with Gasteiger partial charge in [0, 0.05) is 30.1 Å². The van der Waals surface area contributed by atoms with Crippen molar-refractivity contribution in [3.05, 3.63) is 35.4 Å². The van der Waals surface area contributed by atoms with E-state index in [1.54, 1.807) is 4.90 Å². The van der Waals surface area contributed by atoms with Crippen molar-refractivity contribution in [3.63, 3.8) is 0 Å². The van der Waals surface area contributed by atoms with E-state index in [1.165, 1.54) is 12.1 Å². The number of hydrogen-bond acceptors (Lipinski definition) is 2. The van der Waals surface area contributed by atoms with Crippen LogP contribution in [0.4, 0.5) is 8.78 Å². The first-order chi connectivity index (χ1) is 10.0. The van der Waals surface area contributed by atoms with Crippen LogP contribution in [0, 0.1) is 17.6 Å². The molecule has 2 rings (SSSR count). The van der Waals surface area contributed by atoms with Crippen LogP contribution in [0.3, 0.4) is 0 Å². The summed E-state index contributed by atoms with van der Waals surface area (Å²) < 4.78 is 26.7. The Balaban J connectivity index is 2.07. The normalized spacial score (nSPS) is 15.8. The van der Waals surface area contributed by atoms with Crippen LogP contribution in [0.1, 0.15) is 38.2 Å². The molecule has 1 aliphatic rings. The fourth-order valence-corrected chi connectivity index (χ4v) is 2.44. The Labute approximate surface area is 124 Å². The molecular formula is C16H22F2N2O. The van der Waals surface area contributed by atoms with Crippen LogP contribution in [0.15, 0.2) is 18.2 Å². The summed E-state index contributed by atoms with van der Waals surface area (Å²) in [7, 11) is 0. The van der Waals surface area contributed by atoms with E-state index in [4.69, 9.17) is 5.73 Å². The second-order valence-electron chi connectivity index (χ2n) is 5.76. The molecule has 1 amide bonds. The molecule has 0 radical (unpaired) electrons. The first-order valence-electron chi connectivity index (χ1n) is 7.47. The topological polar surface area (TPSA) is 46.3 Å². The van der Waals surface area contributed by atoms with Gasteiger partial charge in [0.25, 0.3) is 0 Å². The molecule has 1 saturated carbocycles. The molecule has 1 aliphatic carbocycles. The molecule has 1 aromatic rings. The number of nitrogens with zero attached hydrogens (tertiary/aromatic N) is 1. The van der Waals surface area contributed by atoms with Crippen molar-refractivity contribution in [2.24, 2.45) is 11.7 Å². The van der Waals surface area contributed by atoms with Crippen LogP contribution in [-0.2, 0) is 11.3 Å². The number of amides is 1. The molecule has 0 bridgehead atoms. The van der Waals surface area contributed by atoms with Gasteiger partial charge < -0.3 is 10.6 Å². The first-order valence-corrected chi connectivity index (χ1v) is 7.47. The van der Waals surface area contributed by atoms with Gasteiger partial charge in [-0.05, 0) is 38.3 Å². The van der Waals surface area contributed by atoms with Crippen molar-refractivity contribution in [2.75, 3.05) is 6.54 Å². The van der Waals surface area contributed by atoms with E-state index in [-0.39, 0.29) is 24.4 Å². The Hall–Kier alpha value is -1.49. The molecule has 1 atom stereocenters. The van der Waals surface area contributed by atoms with Crippen molar-refractivity contribution >= 4 is 5.91 Å². The Kier molecular flexibility index (Phi) is 5.28. The van der Waals surface area contributed by atoms with Gasteiger partial charge in [-0.1, -0.05) is 13.0 Å². The SMILES string of the molecule is CC(CCCN)C(=O)N(Cc1ccc(F)cc1F)C1CC1. The number of carbonyl (C=O) groups is 1. The zero-order chi connectivity index (χ0) is 15.4. The van der Waals surface area contributed by atoms with Crippen LogP contribution in [0.2, 0.25) is 0 Å². The third-order valence-corrected chi connectivity index (χ3v) is 3.89. The molecule has 1 fully saturated rings. The molecule has 0 aromatic heterocycles. The minimum atomic E-state index is -0.600. The molecule has 0 spiro atoms. The fourth-order valence-electron chi connectivity index (χ4n) is 2.44. The van der Waals surface area contributed by atoms with E-state index in [0.717, 1.165) is 31.7 Å². The lowest BCUT2D eigenvalue weighted by molar-refractivity contribution is -0.136. The summed E-state index contributed by atoms with van der Waals surface area (Å²) >= 11 is 0. The lowest BCUT2D eigenvalue weighted by Gasteiger charge is -2.26.